The van der Waals surface area contributed by atoms with Gasteiger partial charge in [-0.25, -0.2) is 0 Å². The number of aryl methyl sites for hydroxylation is 1. The molecular formula is C15H20BrNO. The smallest absolute Gasteiger partial charge is 0.251 e. The summed E-state index contributed by atoms with van der Waals surface area (Å²) in [6.07, 6.45) is 2.48. The molecule has 2 nitrogen and oxygen atoms in total. The normalized spacial score (nSPS) is 16.7. The average molecular weight is 310 g/mol. The highest BCUT2D eigenvalue weighted by Gasteiger charge is 2.45. The lowest BCUT2D eigenvalue weighted by Crippen LogP contribution is -2.32. The van der Waals surface area contributed by atoms with E-state index < -0.39 is 0 Å². The zero-order chi connectivity index (χ0) is 13.3. The van der Waals surface area contributed by atoms with E-state index >= 15 is 0 Å². The third-order valence-corrected chi connectivity index (χ3v) is 5.03. The van der Waals surface area contributed by atoms with Crippen LogP contribution in [0.2, 0.25) is 0 Å². The van der Waals surface area contributed by atoms with Gasteiger partial charge in [-0.15, -0.1) is 0 Å². The van der Waals surface area contributed by atoms with Gasteiger partial charge in [0.2, 0.25) is 0 Å². The molecule has 0 bridgehead atoms. The van der Waals surface area contributed by atoms with Crippen LogP contribution >= 0.6 is 15.9 Å². The molecule has 1 saturated carbocycles. The van der Waals surface area contributed by atoms with Gasteiger partial charge < -0.3 is 5.32 Å². The first-order valence-corrected chi connectivity index (χ1v) is 7.28. The summed E-state index contributed by atoms with van der Waals surface area (Å²) in [7, 11) is 0. The Morgan fingerprint density at radius 3 is 2.61 bits per heavy atom. The van der Waals surface area contributed by atoms with Gasteiger partial charge in [0.1, 0.15) is 0 Å². The molecule has 0 atom stereocenters. The molecule has 3 heteroatoms. The summed E-state index contributed by atoms with van der Waals surface area (Å²) in [6.45, 7) is 7.28. The van der Waals surface area contributed by atoms with Crippen molar-refractivity contribution in [2.45, 2.75) is 33.6 Å². The van der Waals surface area contributed by atoms with Gasteiger partial charge in [0.05, 0.1) is 0 Å². The van der Waals surface area contributed by atoms with Crippen LogP contribution in [0.4, 0.5) is 0 Å². The van der Waals surface area contributed by atoms with Crippen LogP contribution in [0.25, 0.3) is 0 Å². The van der Waals surface area contributed by atoms with Crippen molar-refractivity contribution >= 4 is 21.8 Å². The molecule has 0 aliphatic heterocycles. The van der Waals surface area contributed by atoms with Crippen molar-refractivity contribution in [2.24, 2.45) is 11.3 Å². The van der Waals surface area contributed by atoms with Crippen LogP contribution in [0.3, 0.4) is 0 Å². The van der Waals surface area contributed by atoms with Crippen molar-refractivity contribution in [2.75, 3.05) is 6.54 Å². The number of hydrogen-bond donors (Lipinski definition) is 1. The molecule has 1 aromatic rings. The van der Waals surface area contributed by atoms with Gasteiger partial charge in [0, 0.05) is 16.6 Å². The Labute approximate surface area is 117 Å². The monoisotopic (exact) mass is 309 g/mol. The lowest BCUT2D eigenvalue weighted by atomic mass is 9.92. The van der Waals surface area contributed by atoms with E-state index in [1.165, 1.54) is 12.8 Å². The van der Waals surface area contributed by atoms with Gasteiger partial charge >= 0.3 is 0 Å². The second-order valence-corrected chi connectivity index (χ2v) is 6.52. The molecule has 0 unspecified atom stereocenters. The fraction of sp³-hybridized carbons (Fsp3) is 0.533. The second kappa shape index (κ2) is 5.04. The Morgan fingerprint density at radius 1 is 1.44 bits per heavy atom. The Balaban J connectivity index is 1.98. The molecule has 1 N–H and O–H groups in total. The highest BCUT2D eigenvalue weighted by atomic mass is 79.9. The quantitative estimate of drug-likeness (QED) is 0.897. The molecule has 1 aliphatic rings. The molecule has 0 aromatic heterocycles. The molecule has 0 saturated heterocycles. The first kappa shape index (κ1) is 13.6. The Morgan fingerprint density at radius 2 is 2.11 bits per heavy atom. The minimum Gasteiger partial charge on any atom is -0.351 e. The lowest BCUT2D eigenvalue weighted by molar-refractivity contribution is 0.0939. The van der Waals surface area contributed by atoms with Crippen molar-refractivity contribution in [3.63, 3.8) is 0 Å². The SMILES string of the molecule is Cc1cc(C(=O)NCC2(C(C)C)CC2)ccc1Br. The number of rotatable bonds is 4. The van der Waals surface area contributed by atoms with E-state index in [0.29, 0.717) is 11.3 Å². The van der Waals surface area contributed by atoms with Gasteiger partial charge in [-0.1, -0.05) is 29.8 Å². The van der Waals surface area contributed by atoms with Crippen LogP contribution in [0, 0.1) is 18.3 Å². The summed E-state index contributed by atoms with van der Waals surface area (Å²) in [5, 5.41) is 3.08. The van der Waals surface area contributed by atoms with E-state index in [-0.39, 0.29) is 5.91 Å². The van der Waals surface area contributed by atoms with Crippen LogP contribution in [0.1, 0.15) is 42.6 Å². The van der Waals surface area contributed by atoms with Crippen molar-refractivity contribution in [3.05, 3.63) is 33.8 Å². The highest BCUT2D eigenvalue weighted by molar-refractivity contribution is 9.10. The third kappa shape index (κ3) is 2.77. The number of nitrogens with one attached hydrogen (secondary N) is 1. The first-order valence-electron chi connectivity index (χ1n) is 6.49. The van der Waals surface area contributed by atoms with Crippen LogP contribution in [-0.2, 0) is 0 Å². The number of amides is 1. The summed E-state index contributed by atoms with van der Waals surface area (Å²) in [4.78, 5) is 12.1. The summed E-state index contributed by atoms with van der Waals surface area (Å²) >= 11 is 3.45. The summed E-state index contributed by atoms with van der Waals surface area (Å²) in [5.41, 5.74) is 2.20. The molecule has 98 valence electrons. The van der Waals surface area contributed by atoms with Gasteiger partial charge in [0.15, 0.2) is 0 Å². The predicted molar refractivity (Wildman–Crippen MR) is 77.7 cm³/mol. The summed E-state index contributed by atoms with van der Waals surface area (Å²) in [5.74, 6) is 0.682. The number of carbonyl (C=O) groups excluding carboxylic acids is 1. The Hall–Kier alpha value is -0.830. The standard InChI is InChI=1S/C15H20BrNO/c1-10(2)15(6-7-15)9-17-14(18)12-4-5-13(16)11(3)8-12/h4-5,8,10H,6-7,9H2,1-3H3,(H,17,18). The van der Waals surface area contributed by atoms with Crippen LogP contribution < -0.4 is 5.32 Å². The molecule has 1 amide bonds. The highest BCUT2D eigenvalue weighted by Crippen LogP contribution is 2.51. The molecular weight excluding hydrogens is 290 g/mol. The molecule has 1 fully saturated rings. The van der Waals surface area contributed by atoms with Crippen LogP contribution in [0.15, 0.2) is 22.7 Å². The minimum atomic E-state index is 0.0394. The molecule has 0 heterocycles. The van der Waals surface area contributed by atoms with E-state index in [2.05, 4.69) is 35.1 Å². The third-order valence-electron chi connectivity index (χ3n) is 4.14. The minimum absolute atomic E-state index is 0.0394. The van der Waals surface area contributed by atoms with E-state index in [1.54, 1.807) is 0 Å². The maximum absolute atomic E-state index is 12.1. The number of benzene rings is 1. The van der Waals surface area contributed by atoms with Crippen molar-refractivity contribution in [3.8, 4) is 0 Å². The fourth-order valence-corrected chi connectivity index (χ4v) is 2.51. The Kier molecular flexibility index (Phi) is 3.81. The largest absolute Gasteiger partial charge is 0.351 e. The molecule has 0 spiro atoms. The maximum Gasteiger partial charge on any atom is 0.251 e. The molecule has 2 rings (SSSR count). The molecule has 0 radical (unpaired) electrons. The fourth-order valence-electron chi connectivity index (χ4n) is 2.26. The first-order chi connectivity index (χ1) is 8.44. The molecule has 1 aromatic carbocycles. The topological polar surface area (TPSA) is 29.1 Å². The van der Waals surface area contributed by atoms with E-state index in [9.17, 15) is 4.79 Å². The van der Waals surface area contributed by atoms with Crippen molar-refractivity contribution < 1.29 is 4.79 Å². The van der Waals surface area contributed by atoms with Crippen LogP contribution in [0.5, 0.6) is 0 Å². The van der Waals surface area contributed by atoms with E-state index in [1.807, 2.05) is 25.1 Å². The predicted octanol–water partition coefficient (Wildman–Crippen LogP) is 3.92. The van der Waals surface area contributed by atoms with Crippen molar-refractivity contribution in [1.29, 1.82) is 0 Å². The number of carbonyl (C=O) groups is 1. The molecule has 1 aliphatic carbocycles. The summed E-state index contributed by atoms with van der Waals surface area (Å²) in [6, 6.07) is 5.72. The van der Waals surface area contributed by atoms with Gasteiger partial charge in [-0.05, 0) is 54.9 Å². The van der Waals surface area contributed by atoms with Gasteiger partial charge in [-0.2, -0.15) is 0 Å². The number of halogens is 1. The van der Waals surface area contributed by atoms with Crippen LogP contribution in [-0.4, -0.2) is 12.5 Å². The van der Waals surface area contributed by atoms with Crippen molar-refractivity contribution in [1.82, 2.24) is 5.32 Å². The zero-order valence-corrected chi connectivity index (χ0v) is 12.8. The lowest BCUT2D eigenvalue weighted by Gasteiger charge is -2.20. The summed E-state index contributed by atoms with van der Waals surface area (Å²) < 4.78 is 1.04. The zero-order valence-electron chi connectivity index (χ0n) is 11.2. The maximum atomic E-state index is 12.1. The molecule has 18 heavy (non-hydrogen) atoms. The Bertz CT molecular complexity index is 464. The number of hydrogen-bond acceptors (Lipinski definition) is 1. The van der Waals surface area contributed by atoms with Gasteiger partial charge in [-0.3, -0.25) is 4.79 Å². The van der Waals surface area contributed by atoms with E-state index in [0.717, 1.165) is 22.1 Å². The van der Waals surface area contributed by atoms with E-state index in [4.69, 9.17) is 0 Å². The second-order valence-electron chi connectivity index (χ2n) is 5.66. The average Bonchev–Trinajstić information content (AvgIpc) is 3.11. The van der Waals surface area contributed by atoms with Gasteiger partial charge in [0.25, 0.3) is 5.91 Å².